The number of aromatic nitrogens is 1. The maximum atomic E-state index is 12.1. The molecule has 0 spiro atoms. The first-order valence-electron chi connectivity index (χ1n) is 6.06. The summed E-state index contributed by atoms with van der Waals surface area (Å²) in [6, 6.07) is 2.47. The van der Waals surface area contributed by atoms with E-state index in [9.17, 15) is 13.2 Å². The number of nitrogens with one attached hydrogen (secondary N) is 1. The van der Waals surface area contributed by atoms with Gasteiger partial charge in [0.1, 0.15) is 6.04 Å². The van der Waals surface area contributed by atoms with Crippen molar-refractivity contribution in [1.29, 1.82) is 0 Å². The van der Waals surface area contributed by atoms with E-state index in [1.165, 1.54) is 4.31 Å². The minimum absolute atomic E-state index is 0.174. The van der Waals surface area contributed by atoms with Crippen molar-refractivity contribution in [2.45, 2.75) is 19.0 Å². The fourth-order valence-electron chi connectivity index (χ4n) is 1.91. The van der Waals surface area contributed by atoms with E-state index in [1.807, 2.05) is 12.1 Å². The van der Waals surface area contributed by atoms with Crippen molar-refractivity contribution in [3.8, 4) is 0 Å². The Morgan fingerprint density at radius 3 is 3.05 bits per heavy atom. The number of rotatable bonds is 5. The molecule has 1 aliphatic rings. The van der Waals surface area contributed by atoms with Crippen LogP contribution in [0.5, 0.6) is 0 Å². The molecule has 9 heteroatoms. The summed E-state index contributed by atoms with van der Waals surface area (Å²) in [6.45, 7) is 0.160. The molecule has 2 heterocycles. The molecular weight excluding hydrogens is 284 g/mol. The van der Waals surface area contributed by atoms with Gasteiger partial charge in [-0.1, -0.05) is 6.07 Å². The van der Waals surface area contributed by atoms with Crippen LogP contribution in [0.4, 0.5) is 0 Å². The van der Waals surface area contributed by atoms with Gasteiger partial charge in [-0.15, -0.1) is 0 Å². The molecule has 0 radical (unpaired) electrons. The van der Waals surface area contributed by atoms with Gasteiger partial charge in [0.15, 0.2) is 0 Å². The van der Waals surface area contributed by atoms with Gasteiger partial charge in [0.2, 0.25) is 0 Å². The topological polar surface area (TPSA) is 126 Å². The number of fused-ring (bicyclic) bond motifs is 1. The van der Waals surface area contributed by atoms with Crippen molar-refractivity contribution in [2.75, 3.05) is 13.1 Å². The van der Waals surface area contributed by atoms with Crippen LogP contribution in [0.25, 0.3) is 0 Å². The summed E-state index contributed by atoms with van der Waals surface area (Å²) >= 11 is 0. The number of pyridine rings is 1. The van der Waals surface area contributed by atoms with E-state index >= 15 is 0 Å². The maximum absolute atomic E-state index is 12.1. The van der Waals surface area contributed by atoms with Crippen molar-refractivity contribution in [2.24, 2.45) is 5.73 Å². The Morgan fingerprint density at radius 2 is 2.35 bits per heavy atom. The highest BCUT2D eigenvalue weighted by atomic mass is 32.2. The predicted molar refractivity (Wildman–Crippen MR) is 70.9 cm³/mol. The molecule has 0 aromatic carbocycles. The van der Waals surface area contributed by atoms with Crippen molar-refractivity contribution in [3.05, 3.63) is 29.6 Å². The number of aliphatic carboxylic acids is 1. The zero-order chi connectivity index (χ0) is 14.8. The van der Waals surface area contributed by atoms with E-state index in [2.05, 4.69) is 9.71 Å². The van der Waals surface area contributed by atoms with Gasteiger partial charge in [0, 0.05) is 19.3 Å². The maximum Gasteiger partial charge on any atom is 0.321 e. The average molecular weight is 300 g/mol. The molecule has 1 aliphatic heterocycles. The summed E-state index contributed by atoms with van der Waals surface area (Å²) in [5, 5.41) is 8.64. The first-order chi connectivity index (χ1) is 9.40. The molecule has 0 unspecified atom stereocenters. The van der Waals surface area contributed by atoms with Gasteiger partial charge in [-0.05, 0) is 18.1 Å². The Balaban J connectivity index is 2.03. The van der Waals surface area contributed by atoms with Gasteiger partial charge < -0.3 is 10.8 Å². The van der Waals surface area contributed by atoms with Crippen LogP contribution in [0, 0.1) is 0 Å². The molecule has 110 valence electrons. The first-order valence-corrected chi connectivity index (χ1v) is 7.50. The Labute approximate surface area is 116 Å². The van der Waals surface area contributed by atoms with Crippen LogP contribution in [0.2, 0.25) is 0 Å². The summed E-state index contributed by atoms with van der Waals surface area (Å²) in [7, 11) is -3.75. The average Bonchev–Trinajstić information content (AvgIpc) is 2.44. The standard InChI is InChI=1S/C11H16N4O4S/c12-9(11(16)17)6-14-20(18,19)15-5-3-8-2-1-4-13-10(8)7-15/h1-2,4,9,14H,3,5-7,12H2,(H,16,17)/t9-/m0/s1. The molecule has 20 heavy (non-hydrogen) atoms. The molecule has 8 nitrogen and oxygen atoms in total. The van der Waals surface area contributed by atoms with Crippen molar-refractivity contribution < 1.29 is 18.3 Å². The van der Waals surface area contributed by atoms with Crippen molar-refractivity contribution in [3.63, 3.8) is 0 Å². The molecule has 0 saturated heterocycles. The highest BCUT2D eigenvalue weighted by Crippen LogP contribution is 2.18. The van der Waals surface area contributed by atoms with E-state index in [0.29, 0.717) is 18.7 Å². The van der Waals surface area contributed by atoms with Crippen LogP contribution < -0.4 is 10.5 Å². The van der Waals surface area contributed by atoms with Gasteiger partial charge in [0.05, 0.1) is 12.2 Å². The lowest BCUT2D eigenvalue weighted by Gasteiger charge is -2.27. The molecule has 0 saturated carbocycles. The zero-order valence-corrected chi connectivity index (χ0v) is 11.5. The van der Waals surface area contributed by atoms with E-state index in [0.717, 1.165) is 5.56 Å². The molecule has 1 atom stereocenters. The molecule has 1 aromatic heterocycles. The third kappa shape index (κ3) is 3.31. The lowest BCUT2D eigenvalue weighted by atomic mass is 10.1. The lowest BCUT2D eigenvalue weighted by Crippen LogP contribution is -2.48. The fraction of sp³-hybridized carbons (Fsp3) is 0.455. The van der Waals surface area contributed by atoms with Gasteiger partial charge in [-0.25, -0.2) is 0 Å². The summed E-state index contributed by atoms with van der Waals surface area (Å²) in [4.78, 5) is 14.7. The number of carbonyl (C=O) groups is 1. The number of carboxylic acid groups (broad SMARTS) is 1. The highest BCUT2D eigenvalue weighted by molar-refractivity contribution is 7.87. The van der Waals surface area contributed by atoms with E-state index in [4.69, 9.17) is 10.8 Å². The largest absolute Gasteiger partial charge is 0.480 e. The second-order valence-corrected chi connectivity index (χ2v) is 6.25. The monoisotopic (exact) mass is 300 g/mol. The van der Waals surface area contributed by atoms with E-state index in [1.54, 1.807) is 6.20 Å². The fourth-order valence-corrected chi connectivity index (χ4v) is 3.11. The summed E-state index contributed by atoms with van der Waals surface area (Å²) < 4.78 is 27.6. The third-order valence-corrected chi connectivity index (χ3v) is 4.61. The molecule has 1 aromatic rings. The van der Waals surface area contributed by atoms with Crippen LogP contribution in [-0.4, -0.2) is 47.9 Å². The van der Waals surface area contributed by atoms with Gasteiger partial charge in [-0.2, -0.15) is 17.4 Å². The minimum atomic E-state index is -3.75. The second-order valence-electron chi connectivity index (χ2n) is 4.49. The zero-order valence-electron chi connectivity index (χ0n) is 10.7. The Hall–Kier alpha value is -1.55. The molecule has 0 aliphatic carbocycles. The Kier molecular flexibility index (Phi) is 4.33. The molecule has 0 amide bonds. The van der Waals surface area contributed by atoms with Gasteiger partial charge in [-0.3, -0.25) is 9.78 Å². The number of nitrogens with two attached hydrogens (primary N) is 1. The van der Waals surface area contributed by atoms with Crippen LogP contribution in [-0.2, 0) is 28.0 Å². The van der Waals surface area contributed by atoms with Crippen molar-refractivity contribution >= 4 is 16.2 Å². The number of hydrogen-bond acceptors (Lipinski definition) is 5. The van der Waals surface area contributed by atoms with Crippen LogP contribution in [0.1, 0.15) is 11.3 Å². The highest BCUT2D eigenvalue weighted by Gasteiger charge is 2.28. The number of nitrogens with zero attached hydrogens (tertiary/aromatic N) is 2. The van der Waals surface area contributed by atoms with E-state index < -0.39 is 22.2 Å². The van der Waals surface area contributed by atoms with E-state index in [-0.39, 0.29) is 13.1 Å². The normalized spacial score (nSPS) is 17.4. The smallest absolute Gasteiger partial charge is 0.321 e. The van der Waals surface area contributed by atoms with Gasteiger partial charge >= 0.3 is 5.97 Å². The van der Waals surface area contributed by atoms with Crippen LogP contribution in [0.15, 0.2) is 18.3 Å². The second kappa shape index (κ2) is 5.83. The SMILES string of the molecule is N[C@@H](CNS(=O)(=O)N1CCc2cccnc2C1)C(=O)O. The predicted octanol–water partition coefficient (Wildman–Crippen LogP) is -1.31. The Morgan fingerprint density at radius 1 is 1.60 bits per heavy atom. The van der Waals surface area contributed by atoms with Crippen molar-refractivity contribution in [1.82, 2.24) is 14.0 Å². The lowest BCUT2D eigenvalue weighted by molar-refractivity contribution is -0.138. The summed E-state index contributed by atoms with van der Waals surface area (Å²) in [5.74, 6) is -1.25. The molecule has 0 fully saturated rings. The molecule has 4 N–H and O–H groups in total. The minimum Gasteiger partial charge on any atom is -0.480 e. The number of hydrogen-bond donors (Lipinski definition) is 3. The Bertz CT molecular complexity index is 604. The van der Waals surface area contributed by atoms with Gasteiger partial charge in [0.25, 0.3) is 10.2 Å². The molecule has 2 rings (SSSR count). The van der Waals surface area contributed by atoms with Crippen LogP contribution in [0.3, 0.4) is 0 Å². The summed E-state index contributed by atoms with van der Waals surface area (Å²) in [5.41, 5.74) is 7.02. The molecule has 0 bridgehead atoms. The quantitative estimate of drug-likeness (QED) is 0.619. The third-order valence-electron chi connectivity index (χ3n) is 3.08. The molecular formula is C11H16N4O4S. The number of carboxylic acids is 1. The van der Waals surface area contributed by atoms with Crippen LogP contribution >= 0.6 is 0 Å². The summed E-state index contributed by atoms with van der Waals surface area (Å²) in [6.07, 6.45) is 2.19. The first kappa shape index (κ1) is 14.9.